The standard InChI is InChI=1S/C14H18ClFN2O/c1-10(19)17-14(7-3-2-4-8-14)18-11-5-6-13(16)12(15)9-11/h5-6,9,18H,2-4,7-8H2,1H3,(H,17,19). The minimum absolute atomic E-state index is 0.0670. The van der Waals surface area contributed by atoms with Crippen molar-refractivity contribution in [3.05, 3.63) is 29.0 Å². The van der Waals surface area contributed by atoms with Gasteiger partial charge in [0.2, 0.25) is 5.91 Å². The van der Waals surface area contributed by atoms with Gasteiger partial charge in [0.15, 0.2) is 0 Å². The average Bonchev–Trinajstić information content (AvgIpc) is 2.34. The highest BCUT2D eigenvalue weighted by Gasteiger charge is 2.32. The number of rotatable bonds is 3. The Balaban J connectivity index is 2.19. The van der Waals surface area contributed by atoms with Crippen molar-refractivity contribution in [3.63, 3.8) is 0 Å². The van der Waals surface area contributed by atoms with Crippen molar-refractivity contribution in [2.75, 3.05) is 5.32 Å². The van der Waals surface area contributed by atoms with Crippen LogP contribution in [-0.4, -0.2) is 11.6 Å². The summed E-state index contributed by atoms with van der Waals surface area (Å²) in [7, 11) is 0. The van der Waals surface area contributed by atoms with Gasteiger partial charge in [-0.1, -0.05) is 18.0 Å². The van der Waals surface area contributed by atoms with E-state index in [0.717, 1.165) is 31.4 Å². The molecular formula is C14H18ClFN2O. The van der Waals surface area contributed by atoms with Gasteiger partial charge in [0.1, 0.15) is 11.5 Å². The first-order valence-corrected chi connectivity index (χ1v) is 6.91. The molecule has 3 nitrogen and oxygen atoms in total. The molecule has 0 aliphatic heterocycles. The van der Waals surface area contributed by atoms with Gasteiger partial charge in [0.05, 0.1) is 5.02 Å². The van der Waals surface area contributed by atoms with Crippen LogP contribution in [0.2, 0.25) is 5.02 Å². The summed E-state index contributed by atoms with van der Waals surface area (Å²) >= 11 is 5.78. The van der Waals surface area contributed by atoms with Crippen molar-refractivity contribution in [3.8, 4) is 0 Å². The Kier molecular flexibility index (Phi) is 4.30. The second-order valence-corrected chi connectivity index (χ2v) is 5.49. The maximum atomic E-state index is 13.2. The molecular weight excluding hydrogens is 267 g/mol. The van der Waals surface area contributed by atoms with E-state index in [1.165, 1.54) is 19.4 Å². The molecule has 1 saturated carbocycles. The third kappa shape index (κ3) is 3.60. The third-order valence-electron chi connectivity index (χ3n) is 3.43. The maximum Gasteiger partial charge on any atom is 0.218 e. The number of carbonyl (C=O) groups is 1. The zero-order chi connectivity index (χ0) is 13.9. The summed E-state index contributed by atoms with van der Waals surface area (Å²) in [6.07, 6.45) is 5.01. The molecule has 1 aliphatic rings. The lowest BCUT2D eigenvalue weighted by molar-refractivity contribution is -0.120. The average molecular weight is 285 g/mol. The summed E-state index contributed by atoms with van der Waals surface area (Å²) in [6.45, 7) is 1.51. The molecule has 1 aromatic rings. The fourth-order valence-electron chi connectivity index (χ4n) is 2.62. The second-order valence-electron chi connectivity index (χ2n) is 5.08. The Morgan fingerprint density at radius 3 is 2.58 bits per heavy atom. The smallest absolute Gasteiger partial charge is 0.218 e. The Hall–Kier alpha value is -1.29. The molecule has 2 rings (SSSR count). The second kappa shape index (κ2) is 5.78. The predicted octanol–water partition coefficient (Wildman–Crippen LogP) is 3.69. The minimum atomic E-state index is -0.440. The molecule has 1 aromatic carbocycles. The van der Waals surface area contributed by atoms with Crippen LogP contribution < -0.4 is 10.6 Å². The topological polar surface area (TPSA) is 41.1 Å². The van der Waals surface area contributed by atoms with Crippen molar-refractivity contribution >= 4 is 23.2 Å². The van der Waals surface area contributed by atoms with E-state index < -0.39 is 11.5 Å². The molecule has 0 unspecified atom stereocenters. The number of halogens is 2. The first-order chi connectivity index (χ1) is 9.01. The molecule has 104 valence electrons. The van der Waals surface area contributed by atoms with E-state index in [1.54, 1.807) is 12.1 Å². The van der Waals surface area contributed by atoms with Crippen LogP contribution in [0.25, 0.3) is 0 Å². The molecule has 0 bridgehead atoms. The molecule has 1 fully saturated rings. The van der Waals surface area contributed by atoms with Gasteiger partial charge in [-0.3, -0.25) is 4.79 Å². The van der Waals surface area contributed by atoms with Gasteiger partial charge in [0, 0.05) is 12.6 Å². The molecule has 1 amide bonds. The fraction of sp³-hybridized carbons (Fsp3) is 0.500. The number of nitrogens with one attached hydrogen (secondary N) is 2. The molecule has 0 saturated heterocycles. The van der Waals surface area contributed by atoms with Crippen LogP contribution in [0.3, 0.4) is 0 Å². The zero-order valence-corrected chi connectivity index (χ0v) is 11.7. The summed E-state index contributed by atoms with van der Waals surface area (Å²) in [5, 5.41) is 6.38. The fourth-order valence-corrected chi connectivity index (χ4v) is 2.80. The Labute approximate surface area is 117 Å². The number of amides is 1. The molecule has 2 N–H and O–H groups in total. The number of hydrogen-bond acceptors (Lipinski definition) is 2. The SMILES string of the molecule is CC(=O)NC1(Nc2ccc(F)c(Cl)c2)CCCCC1. The monoisotopic (exact) mass is 284 g/mol. The summed E-state index contributed by atoms with van der Waals surface area (Å²) < 4.78 is 13.2. The summed E-state index contributed by atoms with van der Waals surface area (Å²) in [5.74, 6) is -0.507. The van der Waals surface area contributed by atoms with Gasteiger partial charge >= 0.3 is 0 Å². The van der Waals surface area contributed by atoms with Crippen LogP contribution in [-0.2, 0) is 4.79 Å². The largest absolute Gasteiger partial charge is 0.363 e. The van der Waals surface area contributed by atoms with Crippen LogP contribution in [0, 0.1) is 5.82 Å². The number of benzene rings is 1. The van der Waals surface area contributed by atoms with Crippen molar-refractivity contribution in [1.82, 2.24) is 5.32 Å². The molecule has 1 aliphatic carbocycles. The van der Waals surface area contributed by atoms with E-state index in [2.05, 4.69) is 10.6 Å². The van der Waals surface area contributed by atoms with Crippen molar-refractivity contribution in [1.29, 1.82) is 0 Å². The molecule has 5 heteroatoms. The van der Waals surface area contributed by atoms with E-state index in [-0.39, 0.29) is 10.9 Å². The van der Waals surface area contributed by atoms with E-state index in [1.807, 2.05) is 0 Å². The quantitative estimate of drug-likeness (QED) is 0.831. The third-order valence-corrected chi connectivity index (χ3v) is 3.72. The number of carbonyl (C=O) groups excluding carboxylic acids is 1. The van der Waals surface area contributed by atoms with E-state index in [0.29, 0.717) is 0 Å². The van der Waals surface area contributed by atoms with Crippen LogP contribution >= 0.6 is 11.6 Å². The van der Waals surface area contributed by atoms with E-state index in [9.17, 15) is 9.18 Å². The van der Waals surface area contributed by atoms with Crippen LogP contribution in [0.15, 0.2) is 18.2 Å². The highest BCUT2D eigenvalue weighted by molar-refractivity contribution is 6.31. The highest BCUT2D eigenvalue weighted by atomic mass is 35.5. The van der Waals surface area contributed by atoms with Crippen LogP contribution in [0.4, 0.5) is 10.1 Å². The van der Waals surface area contributed by atoms with Gasteiger partial charge in [0.25, 0.3) is 0 Å². The lowest BCUT2D eigenvalue weighted by Gasteiger charge is -2.39. The highest BCUT2D eigenvalue weighted by Crippen LogP contribution is 2.30. The Morgan fingerprint density at radius 1 is 1.32 bits per heavy atom. The predicted molar refractivity (Wildman–Crippen MR) is 74.7 cm³/mol. The van der Waals surface area contributed by atoms with Crippen LogP contribution in [0.5, 0.6) is 0 Å². The molecule has 0 heterocycles. The van der Waals surface area contributed by atoms with Crippen molar-refractivity contribution < 1.29 is 9.18 Å². The molecule has 19 heavy (non-hydrogen) atoms. The van der Waals surface area contributed by atoms with Crippen LogP contribution in [0.1, 0.15) is 39.0 Å². The van der Waals surface area contributed by atoms with Gasteiger partial charge in [-0.2, -0.15) is 0 Å². The van der Waals surface area contributed by atoms with Gasteiger partial charge in [-0.05, 0) is 43.9 Å². The molecule has 0 atom stereocenters. The number of anilines is 1. The first-order valence-electron chi connectivity index (χ1n) is 6.53. The van der Waals surface area contributed by atoms with Crippen molar-refractivity contribution in [2.24, 2.45) is 0 Å². The maximum absolute atomic E-state index is 13.2. The van der Waals surface area contributed by atoms with E-state index >= 15 is 0 Å². The van der Waals surface area contributed by atoms with Gasteiger partial charge in [-0.25, -0.2) is 4.39 Å². The molecule has 0 radical (unpaired) electrons. The Morgan fingerprint density at radius 2 is 2.00 bits per heavy atom. The van der Waals surface area contributed by atoms with E-state index in [4.69, 9.17) is 11.6 Å². The summed E-state index contributed by atoms with van der Waals surface area (Å²) in [4.78, 5) is 11.4. The first kappa shape index (κ1) is 14.1. The molecule has 0 spiro atoms. The zero-order valence-electron chi connectivity index (χ0n) is 10.9. The Bertz CT molecular complexity index is 473. The summed E-state index contributed by atoms with van der Waals surface area (Å²) in [6, 6.07) is 4.52. The molecule has 0 aromatic heterocycles. The number of hydrogen-bond donors (Lipinski definition) is 2. The van der Waals surface area contributed by atoms with Gasteiger partial charge in [-0.15, -0.1) is 0 Å². The summed E-state index contributed by atoms with van der Waals surface area (Å²) in [5.41, 5.74) is 0.285. The van der Waals surface area contributed by atoms with Crippen molar-refractivity contribution in [2.45, 2.75) is 44.7 Å². The van der Waals surface area contributed by atoms with Gasteiger partial charge < -0.3 is 10.6 Å². The lowest BCUT2D eigenvalue weighted by atomic mass is 9.88. The normalized spacial score (nSPS) is 17.8. The lowest BCUT2D eigenvalue weighted by Crippen LogP contribution is -2.54. The minimum Gasteiger partial charge on any atom is -0.363 e.